The molecule has 2 rings (SSSR count). The van der Waals surface area contributed by atoms with Gasteiger partial charge in [-0.1, -0.05) is 25.0 Å². The van der Waals surface area contributed by atoms with Gasteiger partial charge in [0.1, 0.15) is 5.75 Å². The summed E-state index contributed by atoms with van der Waals surface area (Å²) >= 11 is 0. The molecule has 1 fully saturated rings. The maximum Gasteiger partial charge on any atom is 0.223 e. The largest absolute Gasteiger partial charge is 0.491 e. The molecule has 0 bridgehead atoms. The highest BCUT2D eigenvalue weighted by atomic mass is 16.5. The van der Waals surface area contributed by atoms with E-state index in [9.17, 15) is 4.79 Å². The van der Waals surface area contributed by atoms with Gasteiger partial charge in [0, 0.05) is 12.5 Å². The molecular formula is C17H25NO2. The SMILES string of the molecule is CC(C)Oc1ccc(CCNC(=O)C2CCCC2)cc1. The van der Waals surface area contributed by atoms with Crippen molar-refractivity contribution >= 4 is 5.91 Å². The Hall–Kier alpha value is -1.51. The number of nitrogens with one attached hydrogen (secondary N) is 1. The van der Waals surface area contributed by atoms with Crippen molar-refractivity contribution in [3.63, 3.8) is 0 Å². The summed E-state index contributed by atoms with van der Waals surface area (Å²) in [6.45, 7) is 4.76. The van der Waals surface area contributed by atoms with Crippen molar-refractivity contribution in [1.29, 1.82) is 0 Å². The zero-order valence-electron chi connectivity index (χ0n) is 12.5. The zero-order chi connectivity index (χ0) is 14.4. The van der Waals surface area contributed by atoms with Gasteiger partial charge < -0.3 is 10.1 Å². The molecule has 0 atom stereocenters. The van der Waals surface area contributed by atoms with Gasteiger partial charge in [-0.25, -0.2) is 0 Å². The first-order chi connectivity index (χ1) is 9.65. The van der Waals surface area contributed by atoms with E-state index in [2.05, 4.69) is 17.4 Å². The Morgan fingerprint density at radius 1 is 1.25 bits per heavy atom. The van der Waals surface area contributed by atoms with E-state index in [0.29, 0.717) is 0 Å². The van der Waals surface area contributed by atoms with Crippen LogP contribution in [0.5, 0.6) is 5.75 Å². The maximum absolute atomic E-state index is 11.9. The lowest BCUT2D eigenvalue weighted by atomic mass is 10.1. The summed E-state index contributed by atoms with van der Waals surface area (Å²) in [5.41, 5.74) is 1.23. The molecule has 3 nitrogen and oxygen atoms in total. The summed E-state index contributed by atoms with van der Waals surface area (Å²) in [6.07, 6.45) is 5.61. The fourth-order valence-electron chi connectivity index (χ4n) is 2.67. The second kappa shape index (κ2) is 7.32. The summed E-state index contributed by atoms with van der Waals surface area (Å²) < 4.78 is 5.61. The van der Waals surface area contributed by atoms with Gasteiger partial charge >= 0.3 is 0 Å². The van der Waals surface area contributed by atoms with Gasteiger partial charge in [-0.3, -0.25) is 4.79 Å². The lowest BCUT2D eigenvalue weighted by Crippen LogP contribution is -2.30. The van der Waals surface area contributed by atoms with E-state index in [-0.39, 0.29) is 17.9 Å². The van der Waals surface area contributed by atoms with Crippen LogP contribution in [-0.2, 0) is 11.2 Å². The van der Waals surface area contributed by atoms with Crippen molar-refractivity contribution in [2.24, 2.45) is 5.92 Å². The fraction of sp³-hybridized carbons (Fsp3) is 0.588. The van der Waals surface area contributed by atoms with Crippen molar-refractivity contribution in [3.8, 4) is 5.75 Å². The van der Waals surface area contributed by atoms with Crippen LogP contribution in [0.3, 0.4) is 0 Å². The molecule has 0 heterocycles. The molecule has 1 N–H and O–H groups in total. The molecule has 1 aliphatic carbocycles. The lowest BCUT2D eigenvalue weighted by Gasteiger charge is -2.11. The molecule has 0 unspecified atom stereocenters. The number of benzene rings is 1. The molecule has 1 aliphatic rings. The summed E-state index contributed by atoms with van der Waals surface area (Å²) in [5, 5.41) is 3.05. The molecule has 0 aromatic heterocycles. The van der Waals surface area contributed by atoms with Gasteiger partial charge in [0.15, 0.2) is 0 Å². The van der Waals surface area contributed by atoms with Gasteiger partial charge in [0.25, 0.3) is 0 Å². The Morgan fingerprint density at radius 2 is 1.90 bits per heavy atom. The summed E-state index contributed by atoms with van der Waals surface area (Å²) in [6, 6.07) is 8.13. The second-order valence-electron chi connectivity index (χ2n) is 5.83. The van der Waals surface area contributed by atoms with E-state index >= 15 is 0 Å². The van der Waals surface area contributed by atoms with E-state index in [1.165, 1.54) is 18.4 Å². The lowest BCUT2D eigenvalue weighted by molar-refractivity contribution is -0.124. The molecule has 1 aromatic rings. The molecule has 3 heteroatoms. The molecule has 1 aromatic carbocycles. The van der Waals surface area contributed by atoms with Gasteiger partial charge in [-0.2, -0.15) is 0 Å². The third-order valence-corrected chi connectivity index (χ3v) is 3.73. The average molecular weight is 275 g/mol. The molecule has 1 amide bonds. The second-order valence-corrected chi connectivity index (χ2v) is 5.83. The number of carbonyl (C=O) groups is 1. The molecule has 0 aliphatic heterocycles. The number of rotatable bonds is 6. The van der Waals surface area contributed by atoms with Crippen molar-refractivity contribution in [3.05, 3.63) is 29.8 Å². The summed E-state index contributed by atoms with van der Waals surface area (Å²) in [5.74, 6) is 1.40. The highest BCUT2D eigenvalue weighted by molar-refractivity contribution is 5.78. The van der Waals surface area contributed by atoms with Gasteiger partial charge in [-0.05, 0) is 50.8 Å². The third-order valence-electron chi connectivity index (χ3n) is 3.73. The van der Waals surface area contributed by atoms with Crippen molar-refractivity contribution < 1.29 is 9.53 Å². The number of carbonyl (C=O) groups excluding carboxylic acids is 1. The topological polar surface area (TPSA) is 38.3 Å². The van der Waals surface area contributed by atoms with E-state index in [1.807, 2.05) is 26.0 Å². The average Bonchev–Trinajstić information content (AvgIpc) is 2.94. The van der Waals surface area contributed by atoms with Gasteiger partial charge in [-0.15, -0.1) is 0 Å². The van der Waals surface area contributed by atoms with Crippen molar-refractivity contribution in [2.45, 2.75) is 52.1 Å². The molecule has 20 heavy (non-hydrogen) atoms. The first-order valence-corrected chi connectivity index (χ1v) is 7.68. The Bertz CT molecular complexity index is 419. The van der Waals surface area contributed by atoms with Gasteiger partial charge in [0.2, 0.25) is 5.91 Å². The molecule has 110 valence electrons. The van der Waals surface area contributed by atoms with Crippen molar-refractivity contribution in [1.82, 2.24) is 5.32 Å². The number of amides is 1. The molecular weight excluding hydrogens is 250 g/mol. The number of ether oxygens (including phenoxy) is 1. The first kappa shape index (κ1) is 14.9. The quantitative estimate of drug-likeness (QED) is 0.865. The standard InChI is InChI=1S/C17H25NO2/c1-13(2)20-16-9-7-14(8-10-16)11-12-18-17(19)15-5-3-4-6-15/h7-10,13,15H,3-6,11-12H2,1-2H3,(H,18,19). The van der Waals surface area contributed by atoms with E-state index in [4.69, 9.17) is 4.74 Å². The van der Waals surface area contributed by atoms with E-state index in [0.717, 1.165) is 31.6 Å². The predicted octanol–water partition coefficient (Wildman–Crippen LogP) is 3.32. The van der Waals surface area contributed by atoms with Crippen LogP contribution in [0.15, 0.2) is 24.3 Å². The van der Waals surface area contributed by atoms with Crippen molar-refractivity contribution in [2.75, 3.05) is 6.54 Å². The highest BCUT2D eigenvalue weighted by Gasteiger charge is 2.21. The minimum atomic E-state index is 0.201. The fourth-order valence-corrected chi connectivity index (χ4v) is 2.67. The van der Waals surface area contributed by atoms with Crippen LogP contribution in [-0.4, -0.2) is 18.6 Å². The summed E-state index contributed by atoms with van der Waals surface area (Å²) in [7, 11) is 0. The third kappa shape index (κ3) is 4.55. The van der Waals surface area contributed by atoms with Gasteiger partial charge in [0.05, 0.1) is 6.10 Å². The maximum atomic E-state index is 11.9. The zero-order valence-corrected chi connectivity index (χ0v) is 12.5. The Morgan fingerprint density at radius 3 is 2.50 bits per heavy atom. The normalized spacial score (nSPS) is 15.6. The molecule has 0 saturated heterocycles. The summed E-state index contributed by atoms with van der Waals surface area (Å²) in [4.78, 5) is 11.9. The first-order valence-electron chi connectivity index (χ1n) is 7.68. The van der Waals surface area contributed by atoms with Crippen LogP contribution >= 0.6 is 0 Å². The number of hydrogen-bond donors (Lipinski definition) is 1. The smallest absolute Gasteiger partial charge is 0.223 e. The van der Waals surface area contributed by atoms with Crippen LogP contribution in [0.1, 0.15) is 45.1 Å². The van der Waals surface area contributed by atoms with Crippen LogP contribution < -0.4 is 10.1 Å². The Kier molecular flexibility index (Phi) is 5.45. The highest BCUT2D eigenvalue weighted by Crippen LogP contribution is 2.24. The van der Waals surface area contributed by atoms with Crippen LogP contribution in [0.25, 0.3) is 0 Å². The predicted molar refractivity (Wildman–Crippen MR) is 80.9 cm³/mol. The van der Waals surface area contributed by atoms with E-state index < -0.39 is 0 Å². The molecule has 0 radical (unpaired) electrons. The van der Waals surface area contributed by atoms with Crippen LogP contribution in [0.2, 0.25) is 0 Å². The molecule has 1 saturated carbocycles. The molecule has 0 spiro atoms. The van der Waals surface area contributed by atoms with E-state index in [1.54, 1.807) is 0 Å². The Balaban J connectivity index is 1.72. The monoisotopic (exact) mass is 275 g/mol. The number of hydrogen-bond acceptors (Lipinski definition) is 2. The minimum absolute atomic E-state index is 0.201. The van der Waals surface area contributed by atoms with Crippen LogP contribution in [0.4, 0.5) is 0 Å². The van der Waals surface area contributed by atoms with Crippen LogP contribution in [0, 0.1) is 5.92 Å². The minimum Gasteiger partial charge on any atom is -0.491 e. The Labute approximate surface area is 121 Å².